The van der Waals surface area contributed by atoms with Gasteiger partial charge in [0, 0.05) is 48.0 Å². The molecule has 1 aliphatic heterocycles. The van der Waals surface area contributed by atoms with Gasteiger partial charge in [0.05, 0.1) is 4.90 Å². The van der Waals surface area contributed by atoms with Crippen LogP contribution >= 0.6 is 0 Å². The van der Waals surface area contributed by atoms with Crippen molar-refractivity contribution in [3.8, 4) is 0 Å². The number of rotatable bonds is 2. The fraction of sp³-hybridized carbons (Fsp3) is 0.167. The second-order valence-corrected chi connectivity index (χ2v) is 7.98. The molecule has 3 aromatic rings. The molecule has 0 bridgehead atoms. The second kappa shape index (κ2) is 5.79. The molecule has 7 heteroatoms. The van der Waals surface area contributed by atoms with Crippen molar-refractivity contribution in [2.75, 3.05) is 12.3 Å². The Hall–Kier alpha value is -2.51. The highest BCUT2D eigenvalue weighted by atomic mass is 32.2. The number of fused-ring (bicyclic) bond motifs is 2. The van der Waals surface area contributed by atoms with Gasteiger partial charge in [-0.1, -0.05) is 24.3 Å². The first kappa shape index (κ1) is 16.0. The van der Waals surface area contributed by atoms with Crippen LogP contribution in [-0.2, 0) is 23.0 Å². The van der Waals surface area contributed by atoms with Crippen molar-refractivity contribution in [3.63, 3.8) is 0 Å². The molecule has 25 heavy (non-hydrogen) atoms. The highest BCUT2D eigenvalue weighted by molar-refractivity contribution is 7.89. The van der Waals surface area contributed by atoms with Crippen LogP contribution in [0.15, 0.2) is 53.6 Å². The fourth-order valence-electron chi connectivity index (χ4n) is 3.18. The van der Waals surface area contributed by atoms with Crippen LogP contribution in [0.4, 0.5) is 10.1 Å². The van der Waals surface area contributed by atoms with Crippen molar-refractivity contribution >= 4 is 26.5 Å². The maximum atomic E-state index is 14.3. The number of nitrogens with zero attached hydrogens (tertiary/aromatic N) is 2. The molecule has 0 radical (unpaired) electrons. The predicted molar refractivity (Wildman–Crippen MR) is 93.9 cm³/mol. The molecule has 0 saturated carbocycles. The van der Waals surface area contributed by atoms with Gasteiger partial charge in [0.15, 0.2) is 0 Å². The molecule has 0 unspecified atom stereocenters. The molecular formula is C18H16FN3O2S. The van der Waals surface area contributed by atoms with E-state index in [1.807, 2.05) is 0 Å². The minimum absolute atomic E-state index is 0.0467. The number of hydrogen-bond donors (Lipinski definition) is 1. The number of halogens is 1. The number of anilines is 1. The van der Waals surface area contributed by atoms with Crippen LogP contribution < -0.4 is 5.73 Å². The van der Waals surface area contributed by atoms with Crippen LogP contribution in [0.3, 0.4) is 0 Å². The molecule has 4 rings (SSSR count). The minimum atomic E-state index is -3.83. The lowest BCUT2D eigenvalue weighted by Crippen LogP contribution is -2.36. The molecule has 0 saturated heterocycles. The van der Waals surface area contributed by atoms with Crippen molar-refractivity contribution in [2.45, 2.75) is 17.9 Å². The zero-order chi connectivity index (χ0) is 17.6. The molecule has 5 nitrogen and oxygen atoms in total. The number of hydrogen-bond acceptors (Lipinski definition) is 4. The molecule has 0 aliphatic carbocycles. The lowest BCUT2D eigenvalue weighted by atomic mass is 10.1. The van der Waals surface area contributed by atoms with Gasteiger partial charge in [0.25, 0.3) is 0 Å². The Bertz CT molecular complexity index is 1080. The van der Waals surface area contributed by atoms with Gasteiger partial charge in [0.1, 0.15) is 5.82 Å². The Morgan fingerprint density at radius 3 is 2.80 bits per heavy atom. The van der Waals surface area contributed by atoms with Gasteiger partial charge in [-0.15, -0.1) is 0 Å². The van der Waals surface area contributed by atoms with Crippen LogP contribution in [0.5, 0.6) is 0 Å². The van der Waals surface area contributed by atoms with E-state index in [0.717, 1.165) is 17.3 Å². The molecular weight excluding hydrogens is 341 g/mol. The topological polar surface area (TPSA) is 76.3 Å². The van der Waals surface area contributed by atoms with E-state index >= 15 is 0 Å². The molecule has 128 valence electrons. The maximum absolute atomic E-state index is 14.3. The summed E-state index contributed by atoms with van der Waals surface area (Å²) >= 11 is 0. The summed E-state index contributed by atoms with van der Waals surface area (Å²) < 4.78 is 41.7. The standard InChI is InChI=1S/C18H16FN3O2S/c19-16-10-13(9-12-3-1-2-4-14(12)16)25(23,24)22-8-6-18-15(11-22)17(20)5-7-21-18/h1-5,7,9-10H,6,8,11H2,(H2,20,21). The summed E-state index contributed by atoms with van der Waals surface area (Å²) in [5.41, 5.74) is 8.02. The molecule has 0 atom stereocenters. The van der Waals surface area contributed by atoms with Crippen molar-refractivity contribution in [1.82, 2.24) is 9.29 Å². The molecule has 2 N–H and O–H groups in total. The monoisotopic (exact) mass is 357 g/mol. The summed E-state index contributed by atoms with van der Waals surface area (Å²) in [7, 11) is -3.83. The third-order valence-corrected chi connectivity index (χ3v) is 6.36. The van der Waals surface area contributed by atoms with E-state index in [-0.39, 0.29) is 11.4 Å². The smallest absolute Gasteiger partial charge is 0.243 e. The van der Waals surface area contributed by atoms with Crippen molar-refractivity contribution in [2.24, 2.45) is 0 Å². The number of benzene rings is 2. The molecule has 0 fully saturated rings. The zero-order valence-electron chi connectivity index (χ0n) is 13.3. The number of nitrogens with two attached hydrogens (primary N) is 1. The summed E-state index contributed by atoms with van der Waals surface area (Å²) in [5, 5.41) is 0.957. The summed E-state index contributed by atoms with van der Waals surface area (Å²) in [6.45, 7) is 0.437. The Labute approximate surface area is 145 Å². The Morgan fingerprint density at radius 1 is 1.16 bits per heavy atom. The van der Waals surface area contributed by atoms with E-state index < -0.39 is 15.8 Å². The molecule has 0 spiro atoms. The normalized spacial score (nSPS) is 15.2. The highest BCUT2D eigenvalue weighted by Crippen LogP contribution is 2.29. The molecule has 1 aromatic heterocycles. The van der Waals surface area contributed by atoms with Gasteiger partial charge in [-0.2, -0.15) is 4.31 Å². The predicted octanol–water partition coefficient (Wildman–Crippen LogP) is 2.70. The van der Waals surface area contributed by atoms with Gasteiger partial charge >= 0.3 is 0 Å². The summed E-state index contributed by atoms with van der Waals surface area (Å²) in [4.78, 5) is 4.22. The first-order valence-corrected chi connectivity index (χ1v) is 9.31. The minimum Gasteiger partial charge on any atom is -0.398 e. The summed E-state index contributed by atoms with van der Waals surface area (Å²) in [6.07, 6.45) is 2.10. The lowest BCUT2D eigenvalue weighted by molar-refractivity contribution is 0.388. The molecule has 1 aliphatic rings. The van der Waals surface area contributed by atoms with Gasteiger partial charge in [-0.3, -0.25) is 4.98 Å². The largest absolute Gasteiger partial charge is 0.398 e. The number of sulfonamides is 1. The fourth-order valence-corrected chi connectivity index (χ4v) is 4.63. The van der Waals surface area contributed by atoms with Gasteiger partial charge < -0.3 is 5.73 Å². The third-order valence-electron chi connectivity index (χ3n) is 4.54. The van der Waals surface area contributed by atoms with E-state index in [9.17, 15) is 12.8 Å². The van der Waals surface area contributed by atoms with Gasteiger partial charge in [0.2, 0.25) is 10.0 Å². The molecule has 2 aromatic carbocycles. The first-order chi connectivity index (χ1) is 12.0. The molecule has 2 heterocycles. The van der Waals surface area contributed by atoms with Crippen LogP contribution in [0, 0.1) is 5.82 Å². The number of pyridine rings is 1. The zero-order valence-corrected chi connectivity index (χ0v) is 14.1. The number of aromatic nitrogens is 1. The average molecular weight is 357 g/mol. The van der Waals surface area contributed by atoms with E-state index in [0.29, 0.717) is 29.4 Å². The van der Waals surface area contributed by atoms with Crippen LogP contribution in [-0.4, -0.2) is 24.3 Å². The van der Waals surface area contributed by atoms with Crippen LogP contribution in [0.25, 0.3) is 10.8 Å². The second-order valence-electron chi connectivity index (χ2n) is 6.04. The Balaban J connectivity index is 1.77. The molecule has 0 amide bonds. The van der Waals surface area contributed by atoms with Crippen molar-refractivity contribution in [3.05, 3.63) is 65.7 Å². The van der Waals surface area contributed by atoms with Crippen LogP contribution in [0.2, 0.25) is 0 Å². The Kier molecular flexibility index (Phi) is 3.70. The highest BCUT2D eigenvalue weighted by Gasteiger charge is 2.30. The summed E-state index contributed by atoms with van der Waals surface area (Å²) in [5.74, 6) is -0.546. The van der Waals surface area contributed by atoms with E-state index in [2.05, 4.69) is 4.98 Å². The Morgan fingerprint density at radius 2 is 1.96 bits per heavy atom. The van der Waals surface area contributed by atoms with Crippen molar-refractivity contribution < 1.29 is 12.8 Å². The average Bonchev–Trinajstić information content (AvgIpc) is 2.62. The number of nitrogen functional groups attached to an aromatic ring is 1. The third kappa shape index (κ3) is 2.65. The van der Waals surface area contributed by atoms with Crippen LogP contribution in [0.1, 0.15) is 11.3 Å². The van der Waals surface area contributed by atoms with Gasteiger partial charge in [-0.25, -0.2) is 12.8 Å². The van der Waals surface area contributed by atoms with Gasteiger partial charge in [-0.05, 0) is 23.6 Å². The SMILES string of the molecule is Nc1ccnc2c1CN(S(=O)(=O)c1cc(F)c3ccccc3c1)CC2. The summed E-state index contributed by atoms with van der Waals surface area (Å²) in [6, 6.07) is 11.0. The van der Waals surface area contributed by atoms with E-state index in [4.69, 9.17) is 5.73 Å². The lowest BCUT2D eigenvalue weighted by Gasteiger charge is -2.28. The van der Waals surface area contributed by atoms with Crippen molar-refractivity contribution in [1.29, 1.82) is 0 Å². The maximum Gasteiger partial charge on any atom is 0.243 e. The van der Waals surface area contributed by atoms with E-state index in [1.54, 1.807) is 36.5 Å². The van der Waals surface area contributed by atoms with E-state index in [1.165, 1.54) is 10.4 Å². The quantitative estimate of drug-likeness (QED) is 0.765. The first-order valence-electron chi connectivity index (χ1n) is 7.87.